The van der Waals surface area contributed by atoms with Crippen LogP contribution in [0.5, 0.6) is 0 Å². The number of hydrogen-bond acceptors (Lipinski definition) is 7. The lowest BCUT2D eigenvalue weighted by Gasteiger charge is -2.30. The summed E-state index contributed by atoms with van der Waals surface area (Å²) in [6, 6.07) is 13.4. The Hall–Kier alpha value is -3.81. The molecule has 3 aromatic rings. The summed E-state index contributed by atoms with van der Waals surface area (Å²) in [6.45, 7) is 1.40. The zero-order valence-electron chi connectivity index (χ0n) is 18.3. The largest absolute Gasteiger partial charge is 0.465 e. The van der Waals surface area contributed by atoms with Gasteiger partial charge >= 0.3 is 5.97 Å². The van der Waals surface area contributed by atoms with Gasteiger partial charge in [0, 0.05) is 43.5 Å². The first-order valence-electron chi connectivity index (χ1n) is 11.1. The molecule has 1 aliphatic heterocycles. The van der Waals surface area contributed by atoms with Crippen LogP contribution in [-0.4, -0.2) is 51.6 Å². The highest BCUT2D eigenvalue weighted by Gasteiger charge is 2.27. The van der Waals surface area contributed by atoms with Crippen molar-refractivity contribution in [2.24, 2.45) is 5.92 Å². The SMILES string of the molecule is O=C(OCCCc1nc(-c2cccnc2)no1)C1CCN(C(=O)/C=C/c2ccccc2)CC1. The molecule has 1 aromatic carbocycles. The van der Waals surface area contributed by atoms with Crippen molar-refractivity contribution >= 4 is 18.0 Å². The molecule has 1 amide bonds. The number of carbonyl (C=O) groups is 2. The van der Waals surface area contributed by atoms with E-state index in [1.807, 2.05) is 48.5 Å². The molecule has 0 aliphatic carbocycles. The molecule has 2 aromatic heterocycles. The van der Waals surface area contributed by atoms with Crippen LogP contribution in [0.25, 0.3) is 17.5 Å². The van der Waals surface area contributed by atoms with E-state index < -0.39 is 0 Å². The second-order valence-electron chi connectivity index (χ2n) is 7.87. The van der Waals surface area contributed by atoms with E-state index in [1.54, 1.807) is 23.4 Å². The van der Waals surface area contributed by atoms with Crippen LogP contribution in [0.2, 0.25) is 0 Å². The van der Waals surface area contributed by atoms with Crippen molar-refractivity contribution < 1.29 is 18.8 Å². The van der Waals surface area contributed by atoms with Gasteiger partial charge < -0.3 is 14.2 Å². The summed E-state index contributed by atoms with van der Waals surface area (Å²) < 4.78 is 10.7. The lowest BCUT2D eigenvalue weighted by Crippen LogP contribution is -2.39. The first-order chi connectivity index (χ1) is 16.2. The summed E-state index contributed by atoms with van der Waals surface area (Å²) >= 11 is 0. The number of pyridine rings is 1. The van der Waals surface area contributed by atoms with E-state index in [2.05, 4.69) is 15.1 Å². The zero-order chi connectivity index (χ0) is 22.9. The van der Waals surface area contributed by atoms with Gasteiger partial charge in [-0.25, -0.2) is 0 Å². The molecule has 0 N–H and O–H groups in total. The van der Waals surface area contributed by atoms with Crippen LogP contribution in [0.1, 0.15) is 30.7 Å². The van der Waals surface area contributed by atoms with Gasteiger partial charge in [0.25, 0.3) is 0 Å². The van der Waals surface area contributed by atoms with E-state index in [0.29, 0.717) is 57.1 Å². The number of esters is 1. The third-order valence-electron chi connectivity index (χ3n) is 5.53. The topological polar surface area (TPSA) is 98.4 Å². The molecule has 1 aliphatic rings. The molecule has 0 saturated carbocycles. The van der Waals surface area contributed by atoms with Gasteiger partial charge in [-0.2, -0.15) is 4.98 Å². The maximum Gasteiger partial charge on any atom is 0.309 e. The Morgan fingerprint density at radius 3 is 2.70 bits per heavy atom. The number of carbonyl (C=O) groups excluding carboxylic acids is 2. The van der Waals surface area contributed by atoms with E-state index in [0.717, 1.165) is 11.1 Å². The monoisotopic (exact) mass is 446 g/mol. The molecule has 0 spiro atoms. The van der Waals surface area contributed by atoms with E-state index in [9.17, 15) is 9.59 Å². The number of nitrogens with zero attached hydrogens (tertiary/aromatic N) is 4. The van der Waals surface area contributed by atoms with Crippen LogP contribution in [0, 0.1) is 5.92 Å². The van der Waals surface area contributed by atoms with Crippen molar-refractivity contribution in [1.29, 1.82) is 0 Å². The maximum atomic E-state index is 12.4. The van der Waals surface area contributed by atoms with Crippen molar-refractivity contribution in [2.45, 2.75) is 25.7 Å². The molecule has 8 nitrogen and oxygen atoms in total. The Labute approximate surface area is 192 Å². The first kappa shape index (κ1) is 22.4. The number of aryl methyl sites for hydroxylation is 1. The standard InChI is InChI=1S/C25H26N4O4/c30-23(11-10-19-6-2-1-3-7-19)29-15-12-20(13-16-29)25(31)32-17-5-9-22-27-24(28-33-22)21-8-4-14-26-18-21/h1-4,6-8,10-11,14,18,20H,5,9,12-13,15-17H2/b11-10+. The summed E-state index contributed by atoms with van der Waals surface area (Å²) in [7, 11) is 0. The number of benzene rings is 1. The molecular formula is C25H26N4O4. The minimum Gasteiger partial charge on any atom is -0.465 e. The molecule has 4 rings (SSSR count). The number of amides is 1. The minimum absolute atomic E-state index is 0.0316. The Kier molecular flexibility index (Phi) is 7.58. The summed E-state index contributed by atoms with van der Waals surface area (Å²) in [5, 5.41) is 3.95. The third-order valence-corrected chi connectivity index (χ3v) is 5.53. The number of aromatic nitrogens is 3. The van der Waals surface area contributed by atoms with Crippen LogP contribution < -0.4 is 0 Å². The van der Waals surface area contributed by atoms with Crippen LogP contribution in [0.4, 0.5) is 0 Å². The van der Waals surface area contributed by atoms with Gasteiger partial charge in [-0.3, -0.25) is 14.6 Å². The highest BCUT2D eigenvalue weighted by Crippen LogP contribution is 2.20. The van der Waals surface area contributed by atoms with Crippen LogP contribution in [0.15, 0.2) is 65.5 Å². The van der Waals surface area contributed by atoms with Gasteiger partial charge in [-0.05, 0) is 43.0 Å². The van der Waals surface area contributed by atoms with Gasteiger partial charge in [0.1, 0.15) is 0 Å². The smallest absolute Gasteiger partial charge is 0.309 e. The van der Waals surface area contributed by atoms with Gasteiger partial charge in [-0.15, -0.1) is 0 Å². The first-order valence-corrected chi connectivity index (χ1v) is 11.1. The number of likely N-dealkylation sites (tertiary alicyclic amines) is 1. The summed E-state index contributed by atoms with van der Waals surface area (Å²) in [5.74, 6) is 0.586. The molecule has 3 heterocycles. The fourth-order valence-corrected chi connectivity index (χ4v) is 3.66. The number of ether oxygens (including phenoxy) is 1. The third kappa shape index (κ3) is 6.35. The number of piperidine rings is 1. The van der Waals surface area contributed by atoms with Crippen molar-refractivity contribution in [1.82, 2.24) is 20.0 Å². The highest BCUT2D eigenvalue weighted by molar-refractivity contribution is 5.92. The normalized spacial score (nSPS) is 14.5. The van der Waals surface area contributed by atoms with Crippen molar-refractivity contribution in [3.8, 4) is 11.4 Å². The Morgan fingerprint density at radius 1 is 1.12 bits per heavy atom. The molecule has 1 fully saturated rings. The molecule has 8 heteroatoms. The fraction of sp³-hybridized carbons (Fsp3) is 0.320. The second-order valence-corrected chi connectivity index (χ2v) is 7.87. The van der Waals surface area contributed by atoms with Crippen molar-refractivity contribution in [2.75, 3.05) is 19.7 Å². The van der Waals surface area contributed by atoms with Gasteiger partial charge in [0.15, 0.2) is 0 Å². The zero-order valence-corrected chi connectivity index (χ0v) is 18.3. The number of rotatable bonds is 8. The average Bonchev–Trinajstić information content (AvgIpc) is 3.35. The van der Waals surface area contributed by atoms with E-state index in [1.165, 1.54) is 0 Å². The Balaban J connectivity index is 1.14. The molecule has 170 valence electrons. The second kappa shape index (κ2) is 11.2. The molecule has 1 saturated heterocycles. The quantitative estimate of drug-likeness (QED) is 0.296. The summed E-state index contributed by atoms with van der Waals surface area (Å²) in [5.41, 5.74) is 1.78. The molecule has 0 radical (unpaired) electrons. The molecule has 0 atom stereocenters. The molecule has 0 unspecified atom stereocenters. The summed E-state index contributed by atoms with van der Waals surface area (Å²) in [6.07, 6.45) is 9.11. The predicted molar refractivity (Wildman–Crippen MR) is 122 cm³/mol. The Morgan fingerprint density at radius 2 is 1.94 bits per heavy atom. The highest BCUT2D eigenvalue weighted by atomic mass is 16.5. The van der Waals surface area contributed by atoms with Crippen LogP contribution in [0.3, 0.4) is 0 Å². The minimum atomic E-state index is -0.205. The molecule has 33 heavy (non-hydrogen) atoms. The van der Waals surface area contributed by atoms with Gasteiger partial charge in [0.2, 0.25) is 17.6 Å². The van der Waals surface area contributed by atoms with Crippen molar-refractivity contribution in [3.63, 3.8) is 0 Å². The van der Waals surface area contributed by atoms with Gasteiger partial charge in [0.05, 0.1) is 12.5 Å². The Bertz CT molecular complexity index is 1070. The summed E-state index contributed by atoms with van der Waals surface area (Å²) in [4.78, 5) is 34.9. The lowest BCUT2D eigenvalue weighted by atomic mass is 9.97. The number of hydrogen-bond donors (Lipinski definition) is 0. The van der Waals surface area contributed by atoms with Gasteiger partial charge in [-0.1, -0.05) is 35.5 Å². The molecule has 0 bridgehead atoms. The van der Waals surface area contributed by atoms with Crippen LogP contribution >= 0.6 is 0 Å². The maximum absolute atomic E-state index is 12.4. The van der Waals surface area contributed by atoms with Crippen molar-refractivity contribution in [3.05, 3.63) is 72.4 Å². The lowest BCUT2D eigenvalue weighted by molar-refractivity contribution is -0.151. The van der Waals surface area contributed by atoms with Crippen LogP contribution in [-0.2, 0) is 20.7 Å². The molecular weight excluding hydrogens is 420 g/mol. The van der Waals surface area contributed by atoms with E-state index in [4.69, 9.17) is 9.26 Å². The average molecular weight is 447 g/mol. The van der Waals surface area contributed by atoms with E-state index in [-0.39, 0.29) is 17.8 Å². The predicted octanol–water partition coefficient (Wildman–Crippen LogP) is 3.56. The fourth-order valence-electron chi connectivity index (χ4n) is 3.66. The van der Waals surface area contributed by atoms with E-state index >= 15 is 0 Å².